The third-order valence-electron chi connectivity index (χ3n) is 3.16. The van der Waals surface area contributed by atoms with Gasteiger partial charge in [0, 0.05) is 16.3 Å². The second-order valence-corrected chi connectivity index (χ2v) is 6.08. The highest BCUT2D eigenvalue weighted by molar-refractivity contribution is 8.00. The standard InChI is InChI=1S/C17H20N2O2S/c1-3-16(22-15-6-4-5-12(18)11-15)17(20)19-13-7-9-14(21-2)10-8-13/h4-11,16H,3,18H2,1-2H3,(H,19,20). The average Bonchev–Trinajstić information content (AvgIpc) is 2.53. The topological polar surface area (TPSA) is 64.4 Å². The van der Waals surface area contributed by atoms with E-state index in [0.717, 1.165) is 22.8 Å². The molecule has 0 heterocycles. The molecule has 5 heteroatoms. The number of rotatable bonds is 6. The Labute approximate surface area is 135 Å². The third-order valence-corrected chi connectivity index (χ3v) is 4.52. The number of ether oxygens (including phenoxy) is 1. The van der Waals surface area contributed by atoms with Gasteiger partial charge in [0.2, 0.25) is 5.91 Å². The number of thioether (sulfide) groups is 1. The minimum absolute atomic E-state index is 0.0138. The maximum absolute atomic E-state index is 12.4. The Hall–Kier alpha value is -2.14. The molecule has 0 aliphatic rings. The third kappa shape index (κ3) is 4.43. The summed E-state index contributed by atoms with van der Waals surface area (Å²) in [4.78, 5) is 13.4. The van der Waals surface area contributed by atoms with Crippen LogP contribution in [0.5, 0.6) is 5.75 Å². The van der Waals surface area contributed by atoms with Crippen LogP contribution in [0.25, 0.3) is 0 Å². The van der Waals surface area contributed by atoms with Crippen molar-refractivity contribution in [2.75, 3.05) is 18.2 Å². The number of nitrogens with two attached hydrogens (primary N) is 1. The Kier molecular flexibility index (Phi) is 5.72. The van der Waals surface area contributed by atoms with Gasteiger partial charge in [-0.2, -0.15) is 0 Å². The van der Waals surface area contributed by atoms with Crippen LogP contribution < -0.4 is 15.8 Å². The second-order valence-electron chi connectivity index (χ2n) is 4.80. The van der Waals surface area contributed by atoms with Crippen LogP contribution >= 0.6 is 11.8 Å². The van der Waals surface area contributed by atoms with E-state index in [1.54, 1.807) is 7.11 Å². The van der Waals surface area contributed by atoms with Gasteiger partial charge in [0.25, 0.3) is 0 Å². The Balaban J connectivity index is 2.01. The summed E-state index contributed by atoms with van der Waals surface area (Å²) in [5, 5.41) is 2.77. The molecule has 0 aliphatic heterocycles. The van der Waals surface area contributed by atoms with Crippen LogP contribution in [0.1, 0.15) is 13.3 Å². The molecule has 0 aliphatic carbocycles. The predicted molar refractivity (Wildman–Crippen MR) is 92.4 cm³/mol. The molecule has 2 rings (SSSR count). The minimum Gasteiger partial charge on any atom is -0.497 e. The highest BCUT2D eigenvalue weighted by Gasteiger charge is 2.18. The van der Waals surface area contributed by atoms with Crippen LogP contribution in [0.3, 0.4) is 0 Å². The molecule has 0 bridgehead atoms. The molecule has 0 saturated heterocycles. The number of carbonyl (C=O) groups is 1. The first-order valence-corrected chi connectivity index (χ1v) is 7.97. The first-order valence-electron chi connectivity index (χ1n) is 7.09. The second kappa shape index (κ2) is 7.75. The summed E-state index contributed by atoms with van der Waals surface area (Å²) in [6.45, 7) is 2.00. The Bertz CT molecular complexity index is 629. The molecule has 0 aromatic heterocycles. The minimum atomic E-state index is -0.163. The van der Waals surface area contributed by atoms with E-state index in [-0.39, 0.29) is 11.2 Å². The summed E-state index contributed by atoms with van der Waals surface area (Å²) >= 11 is 1.52. The van der Waals surface area contributed by atoms with Gasteiger partial charge in [-0.15, -0.1) is 11.8 Å². The average molecular weight is 316 g/mol. The molecule has 3 N–H and O–H groups in total. The van der Waals surface area contributed by atoms with Crippen molar-refractivity contribution in [1.29, 1.82) is 0 Å². The Morgan fingerprint density at radius 2 is 2.00 bits per heavy atom. The van der Waals surface area contributed by atoms with E-state index in [1.807, 2.05) is 55.5 Å². The fourth-order valence-corrected chi connectivity index (χ4v) is 2.99. The van der Waals surface area contributed by atoms with Gasteiger partial charge in [0.1, 0.15) is 5.75 Å². The van der Waals surface area contributed by atoms with Crippen molar-refractivity contribution in [3.63, 3.8) is 0 Å². The van der Waals surface area contributed by atoms with Gasteiger partial charge in [-0.05, 0) is 48.9 Å². The molecule has 1 amide bonds. The molecular weight excluding hydrogens is 296 g/mol. The molecular formula is C17H20N2O2S. The number of anilines is 2. The number of nitrogens with one attached hydrogen (secondary N) is 1. The van der Waals surface area contributed by atoms with Gasteiger partial charge in [0.15, 0.2) is 0 Å². The fourth-order valence-electron chi connectivity index (χ4n) is 1.97. The zero-order chi connectivity index (χ0) is 15.9. The zero-order valence-electron chi connectivity index (χ0n) is 12.7. The van der Waals surface area contributed by atoms with Crippen molar-refractivity contribution in [2.45, 2.75) is 23.5 Å². The normalized spacial score (nSPS) is 11.7. The number of hydrogen-bond donors (Lipinski definition) is 2. The van der Waals surface area contributed by atoms with E-state index < -0.39 is 0 Å². The van der Waals surface area contributed by atoms with Crippen LogP contribution in [0, 0.1) is 0 Å². The predicted octanol–water partition coefficient (Wildman–Crippen LogP) is 3.79. The number of carbonyl (C=O) groups excluding carboxylic acids is 1. The van der Waals surface area contributed by atoms with E-state index in [1.165, 1.54) is 11.8 Å². The molecule has 1 atom stereocenters. The fraction of sp³-hybridized carbons (Fsp3) is 0.235. The summed E-state index contributed by atoms with van der Waals surface area (Å²) in [5.74, 6) is 0.749. The number of amides is 1. The van der Waals surface area contributed by atoms with Gasteiger partial charge < -0.3 is 15.8 Å². The number of nitrogen functional groups attached to an aromatic ring is 1. The first-order chi connectivity index (χ1) is 10.6. The van der Waals surface area contributed by atoms with Gasteiger partial charge >= 0.3 is 0 Å². The molecule has 0 saturated carbocycles. The molecule has 2 aromatic carbocycles. The van der Waals surface area contributed by atoms with Crippen LogP contribution in [0.15, 0.2) is 53.4 Å². The zero-order valence-corrected chi connectivity index (χ0v) is 13.5. The summed E-state index contributed by atoms with van der Waals surface area (Å²) in [7, 11) is 1.61. The van der Waals surface area contributed by atoms with E-state index in [4.69, 9.17) is 10.5 Å². The van der Waals surface area contributed by atoms with Crippen molar-refractivity contribution in [1.82, 2.24) is 0 Å². The lowest BCUT2D eigenvalue weighted by Gasteiger charge is -2.15. The smallest absolute Gasteiger partial charge is 0.237 e. The lowest BCUT2D eigenvalue weighted by Crippen LogP contribution is -2.24. The van der Waals surface area contributed by atoms with Crippen LogP contribution in [-0.2, 0) is 4.79 Å². The van der Waals surface area contributed by atoms with Gasteiger partial charge in [0.05, 0.1) is 12.4 Å². The molecule has 22 heavy (non-hydrogen) atoms. The number of methoxy groups -OCH3 is 1. The summed E-state index contributed by atoms with van der Waals surface area (Å²) < 4.78 is 5.10. The molecule has 116 valence electrons. The first kappa shape index (κ1) is 16.2. The van der Waals surface area contributed by atoms with Crippen molar-refractivity contribution in [2.24, 2.45) is 0 Å². The molecule has 2 aromatic rings. The molecule has 0 spiro atoms. The van der Waals surface area contributed by atoms with E-state index in [9.17, 15) is 4.79 Å². The monoisotopic (exact) mass is 316 g/mol. The number of hydrogen-bond acceptors (Lipinski definition) is 4. The maximum Gasteiger partial charge on any atom is 0.237 e. The molecule has 0 fully saturated rings. The van der Waals surface area contributed by atoms with Crippen molar-refractivity contribution < 1.29 is 9.53 Å². The van der Waals surface area contributed by atoms with Gasteiger partial charge in [-0.25, -0.2) is 0 Å². The molecule has 4 nitrogen and oxygen atoms in total. The lowest BCUT2D eigenvalue weighted by atomic mass is 10.2. The summed E-state index contributed by atoms with van der Waals surface area (Å²) in [6.07, 6.45) is 0.738. The van der Waals surface area contributed by atoms with Crippen LogP contribution in [0.2, 0.25) is 0 Å². The Morgan fingerprint density at radius 1 is 1.27 bits per heavy atom. The highest BCUT2D eigenvalue weighted by atomic mass is 32.2. The summed E-state index contributed by atoms with van der Waals surface area (Å²) in [5.41, 5.74) is 7.24. The van der Waals surface area contributed by atoms with Crippen molar-refractivity contribution in [3.8, 4) is 5.75 Å². The van der Waals surface area contributed by atoms with Crippen LogP contribution in [-0.4, -0.2) is 18.3 Å². The largest absolute Gasteiger partial charge is 0.497 e. The van der Waals surface area contributed by atoms with Crippen molar-refractivity contribution >= 4 is 29.0 Å². The maximum atomic E-state index is 12.4. The van der Waals surface area contributed by atoms with E-state index >= 15 is 0 Å². The number of benzene rings is 2. The quantitative estimate of drug-likeness (QED) is 0.629. The van der Waals surface area contributed by atoms with Gasteiger partial charge in [-0.3, -0.25) is 4.79 Å². The lowest BCUT2D eigenvalue weighted by molar-refractivity contribution is -0.115. The van der Waals surface area contributed by atoms with Crippen molar-refractivity contribution in [3.05, 3.63) is 48.5 Å². The van der Waals surface area contributed by atoms with Crippen LogP contribution in [0.4, 0.5) is 11.4 Å². The molecule has 0 radical (unpaired) electrons. The highest BCUT2D eigenvalue weighted by Crippen LogP contribution is 2.28. The Morgan fingerprint density at radius 3 is 2.59 bits per heavy atom. The van der Waals surface area contributed by atoms with E-state index in [0.29, 0.717) is 5.69 Å². The SMILES string of the molecule is CCC(Sc1cccc(N)c1)C(=O)Nc1ccc(OC)cc1. The summed E-state index contributed by atoms with van der Waals surface area (Å²) in [6, 6.07) is 14.9. The van der Waals surface area contributed by atoms with Gasteiger partial charge in [-0.1, -0.05) is 13.0 Å². The van der Waals surface area contributed by atoms with E-state index in [2.05, 4.69) is 5.32 Å². The molecule has 1 unspecified atom stereocenters.